The molecule has 0 spiro atoms. The fourth-order valence-corrected chi connectivity index (χ4v) is 2.22. The molecule has 1 aliphatic heterocycles. The predicted octanol–water partition coefficient (Wildman–Crippen LogP) is -5.03. The smallest absolute Gasteiger partial charge is 0.102 e. The summed E-state index contributed by atoms with van der Waals surface area (Å²) in [7, 11) is 4.61. The number of halogens is 2. The van der Waals surface area contributed by atoms with Crippen molar-refractivity contribution in [2.45, 2.75) is 13.8 Å². The molecule has 1 aliphatic rings. The number of nitrogens with zero attached hydrogens (tertiary/aromatic N) is 2. The van der Waals surface area contributed by atoms with E-state index < -0.39 is 0 Å². The van der Waals surface area contributed by atoms with E-state index in [2.05, 4.69) is 27.9 Å². The van der Waals surface area contributed by atoms with Crippen LogP contribution in [0.5, 0.6) is 0 Å². The quantitative estimate of drug-likeness (QED) is 0.184. The number of hydrogen-bond acceptors (Lipinski definition) is 2. The van der Waals surface area contributed by atoms with Gasteiger partial charge in [-0.3, -0.25) is 0 Å². The van der Waals surface area contributed by atoms with Crippen LogP contribution in [0.3, 0.4) is 0 Å². The first kappa shape index (κ1) is 23.6. The molecule has 20 heavy (non-hydrogen) atoms. The van der Waals surface area contributed by atoms with Crippen LogP contribution in [0, 0.1) is 0 Å². The van der Waals surface area contributed by atoms with Gasteiger partial charge in [-0.05, 0) is 13.8 Å². The highest BCUT2D eigenvalue weighted by molar-refractivity contribution is 4.46. The monoisotopic (exact) mass is 514 g/mol. The second kappa shape index (κ2) is 11.8. The summed E-state index contributed by atoms with van der Waals surface area (Å²) in [4.78, 5) is 0. The molecule has 0 atom stereocenters. The molecule has 1 fully saturated rings. The summed E-state index contributed by atoms with van der Waals surface area (Å²) in [5.41, 5.74) is 0. The number of ether oxygens (including phenoxy) is 2. The SMILES string of the molecule is CC[N+](C)(CC)CCOCC[N+]1(C)CCOCC1.[I-].[I-]. The Morgan fingerprint density at radius 1 is 1.05 bits per heavy atom. The third-order valence-corrected chi connectivity index (χ3v) is 4.63. The van der Waals surface area contributed by atoms with E-state index in [1.807, 2.05) is 0 Å². The first-order valence-electron chi connectivity index (χ1n) is 7.36. The van der Waals surface area contributed by atoms with Crippen LogP contribution in [-0.2, 0) is 9.47 Å². The lowest BCUT2D eigenvalue weighted by molar-refractivity contribution is -0.918. The maximum atomic E-state index is 5.83. The van der Waals surface area contributed by atoms with Crippen molar-refractivity contribution < 1.29 is 66.4 Å². The Labute approximate surface area is 159 Å². The Bertz CT molecular complexity index is 233. The molecule has 0 unspecified atom stereocenters. The number of rotatable bonds is 8. The molecule has 0 aromatic rings. The van der Waals surface area contributed by atoms with Gasteiger partial charge in [-0.2, -0.15) is 0 Å². The van der Waals surface area contributed by atoms with Gasteiger partial charge in [0.15, 0.2) is 0 Å². The molecule has 0 saturated carbocycles. The van der Waals surface area contributed by atoms with Gasteiger partial charge in [-0.1, -0.05) is 0 Å². The van der Waals surface area contributed by atoms with Crippen LogP contribution in [0.4, 0.5) is 0 Å². The predicted molar refractivity (Wildman–Crippen MR) is 74.6 cm³/mol. The number of hydrogen-bond donors (Lipinski definition) is 0. The van der Waals surface area contributed by atoms with Crippen LogP contribution >= 0.6 is 0 Å². The van der Waals surface area contributed by atoms with Crippen molar-refractivity contribution in [3.05, 3.63) is 0 Å². The lowest BCUT2D eigenvalue weighted by atomic mass is 10.3. The van der Waals surface area contributed by atoms with Gasteiger partial charge in [-0.15, -0.1) is 0 Å². The van der Waals surface area contributed by atoms with E-state index in [9.17, 15) is 0 Å². The highest BCUT2D eigenvalue weighted by Crippen LogP contribution is 2.07. The van der Waals surface area contributed by atoms with E-state index in [4.69, 9.17) is 9.47 Å². The molecule has 0 N–H and O–H groups in total. The van der Waals surface area contributed by atoms with Crippen LogP contribution in [0.2, 0.25) is 0 Å². The van der Waals surface area contributed by atoms with Gasteiger partial charge in [0, 0.05) is 0 Å². The maximum absolute atomic E-state index is 5.83. The van der Waals surface area contributed by atoms with Crippen LogP contribution in [-0.4, -0.2) is 88.8 Å². The molecule has 0 aromatic carbocycles. The van der Waals surface area contributed by atoms with Crippen LogP contribution in [0.1, 0.15) is 13.8 Å². The van der Waals surface area contributed by atoms with Crippen molar-refractivity contribution in [2.75, 3.05) is 79.8 Å². The zero-order valence-corrected chi connectivity index (χ0v) is 17.9. The summed E-state index contributed by atoms with van der Waals surface area (Å²) in [5, 5.41) is 0. The van der Waals surface area contributed by atoms with E-state index in [1.165, 1.54) is 13.1 Å². The average Bonchev–Trinajstić information content (AvgIpc) is 2.39. The second-order valence-electron chi connectivity index (χ2n) is 5.99. The Morgan fingerprint density at radius 2 is 1.60 bits per heavy atom. The zero-order valence-electron chi connectivity index (χ0n) is 13.5. The molecule has 1 rings (SSSR count). The van der Waals surface area contributed by atoms with Gasteiger partial charge in [0.2, 0.25) is 0 Å². The van der Waals surface area contributed by atoms with Gasteiger partial charge in [0.05, 0.1) is 53.6 Å². The average molecular weight is 514 g/mol. The summed E-state index contributed by atoms with van der Waals surface area (Å²) in [6, 6.07) is 0. The van der Waals surface area contributed by atoms with E-state index in [-0.39, 0.29) is 48.0 Å². The molecule has 4 nitrogen and oxygen atoms in total. The third kappa shape index (κ3) is 8.67. The molecule has 1 heterocycles. The van der Waals surface area contributed by atoms with Crippen molar-refractivity contribution in [1.29, 1.82) is 0 Å². The highest BCUT2D eigenvalue weighted by atomic mass is 127. The van der Waals surface area contributed by atoms with Crippen molar-refractivity contribution >= 4 is 0 Å². The summed E-state index contributed by atoms with van der Waals surface area (Å²) in [6.45, 7) is 14.9. The van der Waals surface area contributed by atoms with Crippen molar-refractivity contribution in [3.8, 4) is 0 Å². The largest absolute Gasteiger partial charge is 1.00 e. The topological polar surface area (TPSA) is 18.5 Å². The Balaban J connectivity index is 0. The zero-order chi connectivity index (χ0) is 13.5. The van der Waals surface area contributed by atoms with E-state index in [1.54, 1.807) is 0 Å². The summed E-state index contributed by atoms with van der Waals surface area (Å²) < 4.78 is 13.5. The fourth-order valence-electron chi connectivity index (χ4n) is 2.22. The molecule has 1 saturated heterocycles. The van der Waals surface area contributed by atoms with Gasteiger partial charge in [0.1, 0.15) is 26.2 Å². The third-order valence-electron chi connectivity index (χ3n) is 4.63. The van der Waals surface area contributed by atoms with Crippen LogP contribution < -0.4 is 48.0 Å². The van der Waals surface area contributed by atoms with Crippen LogP contribution in [0.15, 0.2) is 0 Å². The van der Waals surface area contributed by atoms with E-state index in [0.717, 1.165) is 61.6 Å². The number of likely N-dealkylation sites (N-methyl/N-ethyl adjacent to an activating group) is 2. The van der Waals surface area contributed by atoms with E-state index >= 15 is 0 Å². The van der Waals surface area contributed by atoms with Crippen molar-refractivity contribution in [3.63, 3.8) is 0 Å². The molecule has 0 amide bonds. The Morgan fingerprint density at radius 3 is 2.10 bits per heavy atom. The first-order chi connectivity index (χ1) is 8.54. The fraction of sp³-hybridized carbons (Fsp3) is 1.00. The standard InChI is InChI=1S/C14H32N2O2.2HI/c1-5-15(3,6-2)7-11-17-12-8-16(4)9-13-18-14-10-16;;/h5-14H2,1-4H3;2*1H/q+2;;/p-2. The van der Waals surface area contributed by atoms with E-state index in [0.29, 0.717) is 0 Å². The molecule has 0 bridgehead atoms. The van der Waals surface area contributed by atoms with Crippen molar-refractivity contribution in [2.24, 2.45) is 0 Å². The summed E-state index contributed by atoms with van der Waals surface area (Å²) >= 11 is 0. The minimum Gasteiger partial charge on any atom is -1.00 e. The lowest BCUT2D eigenvalue weighted by Crippen LogP contribution is -3.00. The first-order valence-corrected chi connectivity index (χ1v) is 7.36. The molecular weight excluding hydrogens is 482 g/mol. The lowest BCUT2D eigenvalue weighted by Gasteiger charge is -2.37. The van der Waals surface area contributed by atoms with Gasteiger partial charge in [0.25, 0.3) is 0 Å². The Hall–Kier alpha value is 1.30. The molecule has 6 heteroatoms. The second-order valence-corrected chi connectivity index (χ2v) is 5.99. The molecule has 0 aromatic heterocycles. The molecule has 0 radical (unpaired) electrons. The number of quaternary nitrogens is 2. The molecular formula is C14H32I2N2O2. The number of morpholine rings is 1. The van der Waals surface area contributed by atoms with Crippen LogP contribution in [0.25, 0.3) is 0 Å². The van der Waals surface area contributed by atoms with Gasteiger partial charge < -0.3 is 66.4 Å². The van der Waals surface area contributed by atoms with Gasteiger partial charge >= 0.3 is 0 Å². The Kier molecular flexibility index (Phi) is 13.9. The maximum Gasteiger partial charge on any atom is 0.102 e. The molecule has 124 valence electrons. The molecule has 0 aliphatic carbocycles. The highest BCUT2D eigenvalue weighted by Gasteiger charge is 2.24. The normalized spacial score (nSPS) is 18.0. The summed E-state index contributed by atoms with van der Waals surface area (Å²) in [6.07, 6.45) is 0. The van der Waals surface area contributed by atoms with Gasteiger partial charge in [-0.25, -0.2) is 0 Å². The summed E-state index contributed by atoms with van der Waals surface area (Å²) in [5.74, 6) is 0. The minimum absolute atomic E-state index is 0. The van der Waals surface area contributed by atoms with Crippen molar-refractivity contribution in [1.82, 2.24) is 0 Å². The minimum atomic E-state index is 0.